The topological polar surface area (TPSA) is 86.2 Å². The number of rotatable bonds is 4. The van der Waals surface area contributed by atoms with Crippen molar-refractivity contribution in [3.05, 3.63) is 65.0 Å². The number of nitrogens with zero attached hydrogens (tertiary/aromatic N) is 4. The highest BCUT2D eigenvalue weighted by Crippen LogP contribution is 2.25. The molecule has 1 aliphatic rings. The Labute approximate surface area is 170 Å². The van der Waals surface area contributed by atoms with Crippen LogP contribution >= 0.6 is 15.9 Å². The molecule has 1 saturated heterocycles. The lowest BCUT2D eigenvalue weighted by Gasteiger charge is -2.30. The van der Waals surface area contributed by atoms with Crippen LogP contribution in [-0.2, 0) is 4.79 Å². The number of primary amides is 1. The maximum atomic E-state index is 13.2. The van der Waals surface area contributed by atoms with Gasteiger partial charge in [0.05, 0.1) is 11.9 Å². The Hall–Kier alpha value is -2.87. The van der Waals surface area contributed by atoms with E-state index in [9.17, 15) is 9.59 Å². The number of likely N-dealkylation sites (tertiary alicyclic amines) is 1. The number of carbonyl (C=O) groups is 2. The molecule has 0 unspecified atom stereocenters. The molecule has 2 N–H and O–H groups in total. The van der Waals surface area contributed by atoms with E-state index in [0.717, 1.165) is 10.2 Å². The fourth-order valence-corrected chi connectivity index (χ4v) is 3.79. The molecule has 144 valence electrons. The van der Waals surface area contributed by atoms with Gasteiger partial charge >= 0.3 is 0 Å². The zero-order chi connectivity index (χ0) is 19.7. The molecule has 0 aliphatic carbocycles. The molecule has 0 atom stereocenters. The second kappa shape index (κ2) is 7.63. The van der Waals surface area contributed by atoms with Gasteiger partial charge in [-0.2, -0.15) is 5.10 Å². The molecule has 28 heavy (non-hydrogen) atoms. The van der Waals surface area contributed by atoms with Crippen molar-refractivity contribution in [2.24, 2.45) is 11.7 Å². The fourth-order valence-electron chi connectivity index (χ4n) is 3.53. The summed E-state index contributed by atoms with van der Waals surface area (Å²) in [5.41, 5.74) is 6.79. The molecule has 2 aromatic heterocycles. The molecule has 8 heteroatoms. The third-order valence-corrected chi connectivity index (χ3v) is 5.61. The van der Waals surface area contributed by atoms with Gasteiger partial charge in [0.15, 0.2) is 5.82 Å². The minimum atomic E-state index is -0.289. The average Bonchev–Trinajstić information content (AvgIpc) is 3.37. The van der Waals surface area contributed by atoms with Gasteiger partial charge in [0.1, 0.15) is 5.56 Å². The van der Waals surface area contributed by atoms with Crippen molar-refractivity contribution in [1.82, 2.24) is 19.2 Å². The van der Waals surface area contributed by atoms with Crippen LogP contribution in [0.4, 0.5) is 0 Å². The molecular weight excluding hydrogens is 422 g/mol. The largest absolute Gasteiger partial charge is 0.369 e. The summed E-state index contributed by atoms with van der Waals surface area (Å²) in [5.74, 6) is 0.158. The van der Waals surface area contributed by atoms with Gasteiger partial charge in [-0.1, -0.05) is 15.9 Å². The molecule has 0 bridgehead atoms. The monoisotopic (exact) mass is 441 g/mol. The van der Waals surface area contributed by atoms with Crippen molar-refractivity contribution < 1.29 is 9.59 Å². The van der Waals surface area contributed by atoms with Gasteiger partial charge in [0.25, 0.3) is 5.91 Å². The van der Waals surface area contributed by atoms with E-state index in [1.54, 1.807) is 15.8 Å². The van der Waals surface area contributed by atoms with Crippen LogP contribution < -0.4 is 5.73 Å². The van der Waals surface area contributed by atoms with Crippen LogP contribution in [0, 0.1) is 5.92 Å². The molecule has 0 spiro atoms. The second-order valence-corrected chi connectivity index (χ2v) is 7.74. The number of amides is 2. The average molecular weight is 442 g/mol. The Morgan fingerprint density at radius 1 is 1.07 bits per heavy atom. The van der Waals surface area contributed by atoms with Crippen LogP contribution in [0.2, 0.25) is 0 Å². The molecule has 1 aromatic carbocycles. The highest BCUT2D eigenvalue weighted by atomic mass is 79.9. The van der Waals surface area contributed by atoms with Crippen LogP contribution in [0.25, 0.3) is 11.5 Å². The predicted octanol–water partition coefficient (Wildman–Crippen LogP) is 2.76. The minimum absolute atomic E-state index is 0.0880. The van der Waals surface area contributed by atoms with Gasteiger partial charge in [-0.25, -0.2) is 4.68 Å². The molecule has 4 rings (SSSR count). The molecule has 1 fully saturated rings. The van der Waals surface area contributed by atoms with E-state index >= 15 is 0 Å². The van der Waals surface area contributed by atoms with Crippen LogP contribution in [0.1, 0.15) is 23.2 Å². The molecule has 3 heterocycles. The number of hydrogen-bond donors (Lipinski definition) is 1. The van der Waals surface area contributed by atoms with E-state index in [1.807, 2.05) is 53.4 Å². The summed E-state index contributed by atoms with van der Waals surface area (Å²) < 4.78 is 4.62. The van der Waals surface area contributed by atoms with Gasteiger partial charge in [-0.15, -0.1) is 0 Å². The van der Waals surface area contributed by atoms with Crippen molar-refractivity contribution in [3.8, 4) is 11.5 Å². The third-order valence-electron chi connectivity index (χ3n) is 5.08. The van der Waals surface area contributed by atoms with Crippen molar-refractivity contribution >= 4 is 27.7 Å². The van der Waals surface area contributed by atoms with E-state index in [4.69, 9.17) is 5.73 Å². The van der Waals surface area contributed by atoms with Crippen LogP contribution in [0.3, 0.4) is 0 Å². The van der Waals surface area contributed by atoms with E-state index < -0.39 is 0 Å². The van der Waals surface area contributed by atoms with Crippen LogP contribution in [0.15, 0.2) is 59.5 Å². The van der Waals surface area contributed by atoms with E-state index in [1.165, 1.54) is 0 Å². The second-order valence-electron chi connectivity index (χ2n) is 6.83. The van der Waals surface area contributed by atoms with Crippen molar-refractivity contribution in [3.63, 3.8) is 0 Å². The number of carbonyl (C=O) groups excluding carboxylic acids is 2. The number of piperidine rings is 1. The molecule has 0 radical (unpaired) electrons. The first-order valence-electron chi connectivity index (χ1n) is 9.10. The molecule has 3 aromatic rings. The van der Waals surface area contributed by atoms with Crippen LogP contribution in [0.5, 0.6) is 0 Å². The fraction of sp³-hybridized carbons (Fsp3) is 0.250. The Kier molecular flexibility index (Phi) is 5.04. The summed E-state index contributed by atoms with van der Waals surface area (Å²) in [6.07, 6.45) is 6.59. The Balaban J connectivity index is 1.69. The summed E-state index contributed by atoms with van der Waals surface area (Å²) in [6.45, 7) is 1.03. The van der Waals surface area contributed by atoms with Gasteiger partial charge in [-0.05, 0) is 49.2 Å². The summed E-state index contributed by atoms with van der Waals surface area (Å²) >= 11 is 3.44. The number of aromatic nitrogens is 3. The molecule has 7 nitrogen and oxygen atoms in total. The molecule has 1 aliphatic heterocycles. The van der Waals surface area contributed by atoms with E-state index in [0.29, 0.717) is 37.3 Å². The maximum absolute atomic E-state index is 13.2. The van der Waals surface area contributed by atoms with E-state index in [-0.39, 0.29) is 17.7 Å². The molecular formula is C20H20BrN5O2. The first-order valence-corrected chi connectivity index (χ1v) is 9.90. The van der Waals surface area contributed by atoms with Crippen molar-refractivity contribution in [1.29, 1.82) is 0 Å². The number of benzene rings is 1. The zero-order valence-electron chi connectivity index (χ0n) is 15.2. The maximum Gasteiger partial charge on any atom is 0.259 e. The quantitative estimate of drug-likeness (QED) is 0.674. The zero-order valence-corrected chi connectivity index (χ0v) is 16.7. The lowest BCUT2D eigenvalue weighted by atomic mass is 9.96. The first-order chi connectivity index (χ1) is 13.5. The summed E-state index contributed by atoms with van der Waals surface area (Å²) in [6, 6.07) is 11.6. The molecule has 0 saturated carbocycles. The third kappa shape index (κ3) is 3.47. The van der Waals surface area contributed by atoms with Gasteiger partial charge < -0.3 is 15.2 Å². The lowest BCUT2D eigenvalue weighted by molar-refractivity contribution is -0.123. The van der Waals surface area contributed by atoms with Crippen molar-refractivity contribution in [2.45, 2.75) is 12.8 Å². The number of hydrogen-bond acceptors (Lipinski definition) is 3. The SMILES string of the molecule is NC(=O)C1CCN(C(=O)c2cnn(-c3ccc(Br)cc3)c2-n2cccc2)CC1. The smallest absolute Gasteiger partial charge is 0.259 e. The Morgan fingerprint density at radius 2 is 1.71 bits per heavy atom. The lowest BCUT2D eigenvalue weighted by Crippen LogP contribution is -2.41. The predicted molar refractivity (Wildman–Crippen MR) is 108 cm³/mol. The summed E-state index contributed by atoms with van der Waals surface area (Å²) in [5, 5.41) is 4.49. The highest BCUT2D eigenvalue weighted by molar-refractivity contribution is 9.10. The van der Waals surface area contributed by atoms with Crippen LogP contribution in [-0.4, -0.2) is 44.2 Å². The van der Waals surface area contributed by atoms with Gasteiger partial charge in [0.2, 0.25) is 5.91 Å². The van der Waals surface area contributed by atoms with Crippen molar-refractivity contribution in [2.75, 3.05) is 13.1 Å². The number of nitrogens with two attached hydrogens (primary N) is 1. The highest BCUT2D eigenvalue weighted by Gasteiger charge is 2.29. The van der Waals surface area contributed by atoms with E-state index in [2.05, 4.69) is 21.0 Å². The minimum Gasteiger partial charge on any atom is -0.369 e. The Bertz CT molecular complexity index is 986. The molecule has 2 amide bonds. The summed E-state index contributed by atoms with van der Waals surface area (Å²) in [7, 11) is 0. The van der Waals surface area contributed by atoms with Gasteiger partial charge in [-0.3, -0.25) is 9.59 Å². The standard InChI is InChI=1S/C20H20BrN5O2/c21-15-3-5-16(6-4-15)26-19(24-9-1-2-10-24)17(13-23-26)20(28)25-11-7-14(8-12-25)18(22)27/h1-6,9-10,13-14H,7-8,11-12H2,(H2,22,27). The van der Waals surface area contributed by atoms with Gasteiger partial charge in [0, 0.05) is 35.9 Å². The Morgan fingerprint density at radius 3 is 2.32 bits per heavy atom. The number of halogens is 1. The normalized spacial score (nSPS) is 15.0. The summed E-state index contributed by atoms with van der Waals surface area (Å²) in [4.78, 5) is 26.4. The first kappa shape index (κ1) is 18.5.